The van der Waals surface area contributed by atoms with E-state index < -0.39 is 12.0 Å². The molecule has 1 amide bonds. The number of nitrogens with zero attached hydrogens (tertiary/aromatic N) is 1. The molecule has 1 aromatic carbocycles. The van der Waals surface area contributed by atoms with E-state index in [1.807, 2.05) is 31.2 Å². The van der Waals surface area contributed by atoms with Gasteiger partial charge in [-0.05, 0) is 30.2 Å². The lowest BCUT2D eigenvalue weighted by atomic mass is 10.0. The van der Waals surface area contributed by atoms with Gasteiger partial charge in [-0.15, -0.1) is 24.2 Å². The van der Waals surface area contributed by atoms with Crippen LogP contribution in [0.15, 0.2) is 47.7 Å². The van der Waals surface area contributed by atoms with E-state index in [2.05, 4.69) is 0 Å². The summed E-state index contributed by atoms with van der Waals surface area (Å²) in [4.78, 5) is 26.2. The van der Waals surface area contributed by atoms with Gasteiger partial charge in [-0.2, -0.15) is 0 Å². The van der Waals surface area contributed by atoms with Crippen LogP contribution in [0.1, 0.15) is 12.5 Å². The lowest BCUT2D eigenvalue weighted by molar-refractivity contribution is -0.151. The van der Waals surface area contributed by atoms with E-state index >= 15 is 0 Å². The van der Waals surface area contributed by atoms with Crippen LogP contribution in [0.2, 0.25) is 0 Å². The number of fused-ring (bicyclic) bond motifs is 1. The molecule has 0 unspecified atom stereocenters. The van der Waals surface area contributed by atoms with Crippen LogP contribution in [-0.2, 0) is 20.9 Å². The molecule has 1 fully saturated rings. The molecule has 2 aliphatic rings. The van der Waals surface area contributed by atoms with E-state index in [1.165, 1.54) is 4.90 Å². The lowest BCUT2D eigenvalue weighted by Crippen LogP contribution is -2.68. The number of thioether (sulfide) groups is 1. The Bertz CT molecular complexity index is 748. The van der Waals surface area contributed by atoms with Crippen molar-refractivity contribution in [3.8, 4) is 5.75 Å². The fourth-order valence-electron chi connectivity index (χ4n) is 2.80. The molecule has 0 aliphatic carbocycles. The maximum absolute atomic E-state index is 12.6. The molecule has 6 nitrogen and oxygen atoms in total. The van der Waals surface area contributed by atoms with Crippen LogP contribution in [0.4, 0.5) is 0 Å². The second kappa shape index (κ2) is 8.62. The van der Waals surface area contributed by atoms with Gasteiger partial charge >= 0.3 is 5.97 Å². The number of esters is 1. The van der Waals surface area contributed by atoms with Crippen molar-refractivity contribution in [2.75, 3.05) is 12.9 Å². The van der Waals surface area contributed by atoms with E-state index in [-0.39, 0.29) is 30.3 Å². The minimum atomic E-state index is -0.554. The fourth-order valence-corrected chi connectivity index (χ4v) is 4.06. The Balaban J connectivity index is 0.00000243. The van der Waals surface area contributed by atoms with Crippen molar-refractivity contribution in [3.63, 3.8) is 0 Å². The van der Waals surface area contributed by atoms with Gasteiger partial charge in [0, 0.05) is 5.75 Å². The van der Waals surface area contributed by atoms with Gasteiger partial charge in [0.2, 0.25) is 5.91 Å². The third-order valence-corrected chi connectivity index (χ3v) is 5.45. The van der Waals surface area contributed by atoms with Gasteiger partial charge in [0.25, 0.3) is 0 Å². The minimum absolute atomic E-state index is 0. The number of rotatable bonds is 5. The van der Waals surface area contributed by atoms with Crippen LogP contribution < -0.4 is 10.5 Å². The molecule has 2 aliphatic heterocycles. The highest BCUT2D eigenvalue weighted by atomic mass is 35.5. The molecular weight excluding hydrogens is 376 g/mol. The quantitative estimate of drug-likeness (QED) is 0.607. The smallest absolute Gasteiger partial charge is 0.355 e. The summed E-state index contributed by atoms with van der Waals surface area (Å²) >= 11 is 1.56. The average Bonchev–Trinajstić information content (AvgIpc) is 2.65. The molecule has 0 saturated carbocycles. The summed E-state index contributed by atoms with van der Waals surface area (Å²) in [6, 6.07) is 6.72. The first-order chi connectivity index (χ1) is 12.1. The standard InChI is InChI=1S/C18H20N2O4S.ClH/c1-3-4-12-10-25-17-14(19)16(21)20(17)15(12)18(22)24-9-11-5-7-13(23-2)8-6-11;/h3-8,14,17H,9-10,19H2,1-2H3;1H/b4-3-;/t14-,17-;/m1./s1. The Hall–Kier alpha value is -1.96. The Morgan fingerprint density at radius 2 is 2.08 bits per heavy atom. The molecule has 2 heterocycles. The second-order valence-corrected chi connectivity index (χ2v) is 6.84. The molecular formula is C18H21ClN2O4S. The molecule has 0 radical (unpaired) electrons. The Labute approximate surface area is 162 Å². The predicted molar refractivity (Wildman–Crippen MR) is 103 cm³/mol. The van der Waals surface area contributed by atoms with Crippen molar-refractivity contribution in [2.45, 2.75) is 24.9 Å². The third-order valence-electron chi connectivity index (χ3n) is 4.13. The summed E-state index contributed by atoms with van der Waals surface area (Å²) < 4.78 is 10.5. The lowest BCUT2D eigenvalue weighted by Gasteiger charge is -2.48. The van der Waals surface area contributed by atoms with Crippen molar-refractivity contribution in [1.29, 1.82) is 0 Å². The summed E-state index contributed by atoms with van der Waals surface area (Å²) in [6.07, 6.45) is 3.68. The van der Waals surface area contributed by atoms with Crippen LogP contribution in [0.25, 0.3) is 0 Å². The van der Waals surface area contributed by atoms with Gasteiger partial charge < -0.3 is 15.2 Å². The maximum atomic E-state index is 12.6. The van der Waals surface area contributed by atoms with E-state index in [1.54, 1.807) is 31.0 Å². The molecule has 1 saturated heterocycles. The summed E-state index contributed by atoms with van der Waals surface area (Å²) in [5.74, 6) is 0.616. The maximum Gasteiger partial charge on any atom is 0.355 e. The first-order valence-corrected chi connectivity index (χ1v) is 8.98. The molecule has 2 N–H and O–H groups in total. The van der Waals surface area contributed by atoms with E-state index in [0.717, 1.165) is 16.9 Å². The van der Waals surface area contributed by atoms with E-state index in [9.17, 15) is 9.59 Å². The summed E-state index contributed by atoms with van der Waals surface area (Å²) in [5.41, 5.74) is 7.77. The van der Waals surface area contributed by atoms with Gasteiger partial charge in [0.1, 0.15) is 29.5 Å². The number of benzene rings is 1. The Morgan fingerprint density at radius 3 is 2.69 bits per heavy atom. The van der Waals surface area contributed by atoms with E-state index in [4.69, 9.17) is 15.2 Å². The number of carbonyl (C=O) groups is 2. The summed E-state index contributed by atoms with van der Waals surface area (Å²) in [5, 5.41) is -0.190. The van der Waals surface area contributed by atoms with Crippen LogP contribution in [0.5, 0.6) is 5.75 Å². The van der Waals surface area contributed by atoms with Gasteiger partial charge in [-0.25, -0.2) is 4.79 Å². The number of carbonyl (C=O) groups excluding carboxylic acids is 2. The number of β-lactam (4-membered cyclic amide) rings is 1. The molecule has 1 aromatic rings. The second-order valence-electron chi connectivity index (χ2n) is 5.73. The number of methoxy groups -OCH3 is 1. The zero-order valence-corrected chi connectivity index (χ0v) is 16.1. The van der Waals surface area contributed by atoms with Crippen molar-refractivity contribution in [1.82, 2.24) is 4.90 Å². The highest BCUT2D eigenvalue weighted by Gasteiger charge is 2.51. The van der Waals surface area contributed by atoms with Gasteiger partial charge in [-0.1, -0.05) is 24.3 Å². The van der Waals surface area contributed by atoms with Crippen LogP contribution >= 0.6 is 24.2 Å². The van der Waals surface area contributed by atoms with E-state index in [0.29, 0.717) is 11.4 Å². The summed E-state index contributed by atoms with van der Waals surface area (Å²) in [6.45, 7) is 2.00. The molecule has 26 heavy (non-hydrogen) atoms. The topological polar surface area (TPSA) is 81.9 Å². The van der Waals surface area contributed by atoms with Crippen LogP contribution in [-0.4, -0.2) is 41.1 Å². The van der Waals surface area contributed by atoms with Crippen LogP contribution in [0, 0.1) is 0 Å². The Kier molecular flexibility index (Phi) is 6.75. The SMILES string of the molecule is C/C=C\C1=C(C(=O)OCc2ccc(OC)cc2)N2C(=O)[C@@H](N)[C@H]2SC1.Cl. The summed E-state index contributed by atoms with van der Waals surface area (Å²) in [7, 11) is 1.59. The molecule has 8 heteroatoms. The van der Waals surface area contributed by atoms with Crippen molar-refractivity contribution in [3.05, 3.63) is 53.3 Å². The highest BCUT2D eigenvalue weighted by molar-refractivity contribution is 8.00. The number of hydrogen-bond acceptors (Lipinski definition) is 6. The number of amides is 1. The largest absolute Gasteiger partial charge is 0.497 e. The number of hydrogen-bond donors (Lipinski definition) is 1. The molecule has 2 atom stereocenters. The van der Waals surface area contributed by atoms with Gasteiger partial charge in [0.15, 0.2) is 0 Å². The normalized spacial score (nSPS) is 21.8. The fraction of sp³-hybridized carbons (Fsp3) is 0.333. The zero-order valence-electron chi connectivity index (χ0n) is 14.5. The number of allylic oxidation sites excluding steroid dienone is 2. The van der Waals surface area contributed by atoms with Gasteiger partial charge in [0.05, 0.1) is 7.11 Å². The monoisotopic (exact) mass is 396 g/mol. The number of halogens is 1. The average molecular weight is 397 g/mol. The van der Waals surface area contributed by atoms with Crippen molar-refractivity contribution in [2.24, 2.45) is 5.73 Å². The molecule has 140 valence electrons. The van der Waals surface area contributed by atoms with Crippen molar-refractivity contribution < 1.29 is 19.1 Å². The van der Waals surface area contributed by atoms with Crippen LogP contribution in [0.3, 0.4) is 0 Å². The zero-order chi connectivity index (χ0) is 18.0. The molecule has 3 rings (SSSR count). The number of ether oxygens (including phenoxy) is 2. The predicted octanol–water partition coefficient (Wildman–Crippen LogP) is 2.23. The van der Waals surface area contributed by atoms with Gasteiger partial charge in [-0.3, -0.25) is 9.69 Å². The molecule has 0 aromatic heterocycles. The molecule has 0 spiro atoms. The van der Waals surface area contributed by atoms with Crippen molar-refractivity contribution >= 4 is 36.0 Å². The first kappa shape index (κ1) is 20.4. The highest BCUT2D eigenvalue weighted by Crippen LogP contribution is 2.40. The number of nitrogens with two attached hydrogens (primary N) is 1. The Morgan fingerprint density at radius 1 is 1.38 bits per heavy atom. The molecule has 0 bridgehead atoms. The third kappa shape index (κ3) is 3.75. The first-order valence-electron chi connectivity index (χ1n) is 7.93. The minimum Gasteiger partial charge on any atom is -0.497 e.